The standard InChI is InChI=1S/C13H15BrFN3/c1-2-18-12(5-6-17-18)9-16-8-10-7-11(15)3-4-13(10)14/h3-7,16H,2,8-9H2,1H3. The lowest BCUT2D eigenvalue weighted by molar-refractivity contribution is 0.578. The lowest BCUT2D eigenvalue weighted by atomic mass is 10.2. The molecule has 0 saturated carbocycles. The first-order chi connectivity index (χ1) is 8.70. The molecule has 0 atom stereocenters. The fourth-order valence-electron chi connectivity index (χ4n) is 1.80. The van der Waals surface area contributed by atoms with Gasteiger partial charge in [-0.25, -0.2) is 4.39 Å². The number of hydrogen-bond acceptors (Lipinski definition) is 2. The summed E-state index contributed by atoms with van der Waals surface area (Å²) in [5.41, 5.74) is 2.04. The van der Waals surface area contributed by atoms with Crippen molar-refractivity contribution in [2.24, 2.45) is 0 Å². The highest BCUT2D eigenvalue weighted by molar-refractivity contribution is 9.10. The molecule has 3 nitrogen and oxygen atoms in total. The number of aryl methyl sites for hydroxylation is 1. The quantitative estimate of drug-likeness (QED) is 0.919. The van der Waals surface area contributed by atoms with Crippen molar-refractivity contribution >= 4 is 15.9 Å². The highest BCUT2D eigenvalue weighted by atomic mass is 79.9. The Bertz CT molecular complexity index is 525. The van der Waals surface area contributed by atoms with Crippen LogP contribution in [0.15, 0.2) is 34.9 Å². The molecule has 0 spiro atoms. The fraction of sp³-hybridized carbons (Fsp3) is 0.308. The molecule has 1 aromatic heterocycles. The van der Waals surface area contributed by atoms with Gasteiger partial charge in [0.05, 0.1) is 5.69 Å². The summed E-state index contributed by atoms with van der Waals surface area (Å²) in [5.74, 6) is -0.214. The van der Waals surface area contributed by atoms with Crippen LogP contribution in [0.1, 0.15) is 18.2 Å². The number of hydrogen-bond donors (Lipinski definition) is 1. The predicted molar refractivity (Wildman–Crippen MR) is 72.5 cm³/mol. The smallest absolute Gasteiger partial charge is 0.123 e. The van der Waals surface area contributed by atoms with Crippen LogP contribution in [-0.2, 0) is 19.6 Å². The zero-order chi connectivity index (χ0) is 13.0. The van der Waals surface area contributed by atoms with E-state index in [9.17, 15) is 4.39 Å². The molecule has 0 saturated heterocycles. The van der Waals surface area contributed by atoms with Crippen molar-refractivity contribution in [2.45, 2.75) is 26.6 Å². The first kappa shape index (κ1) is 13.2. The van der Waals surface area contributed by atoms with Crippen LogP contribution in [0.3, 0.4) is 0 Å². The van der Waals surface area contributed by atoms with Crippen molar-refractivity contribution in [3.8, 4) is 0 Å². The third-order valence-electron chi connectivity index (χ3n) is 2.73. The number of halogens is 2. The van der Waals surface area contributed by atoms with Crippen LogP contribution in [0.25, 0.3) is 0 Å². The van der Waals surface area contributed by atoms with Crippen molar-refractivity contribution in [1.82, 2.24) is 15.1 Å². The van der Waals surface area contributed by atoms with E-state index < -0.39 is 0 Å². The number of rotatable bonds is 5. The van der Waals surface area contributed by atoms with Crippen molar-refractivity contribution in [3.63, 3.8) is 0 Å². The third kappa shape index (κ3) is 3.17. The van der Waals surface area contributed by atoms with Crippen LogP contribution >= 0.6 is 15.9 Å². The fourth-order valence-corrected chi connectivity index (χ4v) is 2.19. The molecule has 2 rings (SSSR count). The Morgan fingerprint density at radius 1 is 1.33 bits per heavy atom. The first-order valence-electron chi connectivity index (χ1n) is 5.86. The van der Waals surface area contributed by atoms with Crippen molar-refractivity contribution in [2.75, 3.05) is 0 Å². The van der Waals surface area contributed by atoms with Crippen LogP contribution < -0.4 is 5.32 Å². The number of benzene rings is 1. The minimum absolute atomic E-state index is 0.214. The van der Waals surface area contributed by atoms with Crippen LogP contribution in [0, 0.1) is 5.82 Å². The van der Waals surface area contributed by atoms with E-state index in [1.807, 2.05) is 10.7 Å². The molecule has 1 aromatic carbocycles. The van der Waals surface area contributed by atoms with Gasteiger partial charge in [-0.1, -0.05) is 15.9 Å². The molecule has 1 N–H and O–H groups in total. The van der Waals surface area contributed by atoms with E-state index in [1.54, 1.807) is 12.3 Å². The van der Waals surface area contributed by atoms with E-state index in [1.165, 1.54) is 12.1 Å². The van der Waals surface area contributed by atoms with Gasteiger partial charge < -0.3 is 5.32 Å². The molecular formula is C13H15BrFN3. The van der Waals surface area contributed by atoms with E-state index >= 15 is 0 Å². The van der Waals surface area contributed by atoms with Gasteiger partial charge in [-0.15, -0.1) is 0 Å². The maximum Gasteiger partial charge on any atom is 0.123 e. The van der Waals surface area contributed by atoms with E-state index in [0.717, 1.165) is 28.8 Å². The Kier molecular flexibility index (Phi) is 4.49. The second kappa shape index (κ2) is 6.11. The Morgan fingerprint density at radius 3 is 2.94 bits per heavy atom. The van der Waals surface area contributed by atoms with Crippen LogP contribution in [0.2, 0.25) is 0 Å². The van der Waals surface area contributed by atoms with Gasteiger partial charge in [-0.2, -0.15) is 5.10 Å². The van der Waals surface area contributed by atoms with Gasteiger partial charge >= 0.3 is 0 Å². The van der Waals surface area contributed by atoms with E-state index in [2.05, 4.69) is 33.3 Å². The lowest BCUT2D eigenvalue weighted by Crippen LogP contribution is -2.16. The van der Waals surface area contributed by atoms with E-state index in [0.29, 0.717) is 6.54 Å². The summed E-state index contributed by atoms with van der Waals surface area (Å²) in [5, 5.41) is 7.49. The molecule has 0 bridgehead atoms. The summed E-state index contributed by atoms with van der Waals surface area (Å²) in [6, 6.07) is 6.69. The first-order valence-corrected chi connectivity index (χ1v) is 6.65. The second-order valence-corrected chi connectivity index (χ2v) is 4.83. The number of nitrogens with zero attached hydrogens (tertiary/aromatic N) is 2. The number of aromatic nitrogens is 2. The average Bonchev–Trinajstić information content (AvgIpc) is 2.81. The summed E-state index contributed by atoms with van der Waals surface area (Å²) in [7, 11) is 0. The maximum atomic E-state index is 13.1. The third-order valence-corrected chi connectivity index (χ3v) is 3.51. The highest BCUT2D eigenvalue weighted by Gasteiger charge is 2.03. The molecule has 96 valence electrons. The van der Waals surface area contributed by atoms with Crippen molar-refractivity contribution in [1.29, 1.82) is 0 Å². The largest absolute Gasteiger partial charge is 0.307 e. The summed E-state index contributed by atoms with van der Waals surface area (Å²) in [6.07, 6.45) is 1.79. The zero-order valence-corrected chi connectivity index (χ0v) is 11.7. The van der Waals surface area contributed by atoms with Gasteiger partial charge in [0.1, 0.15) is 5.82 Å². The number of nitrogens with one attached hydrogen (secondary N) is 1. The molecule has 0 radical (unpaired) electrons. The van der Waals surface area contributed by atoms with Gasteiger partial charge in [0.25, 0.3) is 0 Å². The minimum atomic E-state index is -0.214. The summed E-state index contributed by atoms with van der Waals surface area (Å²) < 4.78 is 16.0. The SMILES string of the molecule is CCn1nccc1CNCc1cc(F)ccc1Br. The van der Waals surface area contributed by atoms with Crippen LogP contribution in [-0.4, -0.2) is 9.78 Å². The molecule has 0 amide bonds. The molecule has 0 aliphatic heterocycles. The summed E-state index contributed by atoms with van der Waals surface area (Å²) >= 11 is 3.41. The normalized spacial score (nSPS) is 10.8. The molecular weight excluding hydrogens is 297 g/mol. The molecule has 5 heteroatoms. The van der Waals surface area contributed by atoms with E-state index in [4.69, 9.17) is 0 Å². The predicted octanol–water partition coefficient (Wildman–Crippen LogP) is 3.09. The molecule has 18 heavy (non-hydrogen) atoms. The van der Waals surface area contributed by atoms with Gasteiger partial charge in [-0.3, -0.25) is 4.68 Å². The molecule has 0 aliphatic rings. The average molecular weight is 312 g/mol. The van der Waals surface area contributed by atoms with Gasteiger partial charge in [0.2, 0.25) is 0 Å². The summed E-state index contributed by atoms with van der Waals surface area (Å²) in [6.45, 7) is 4.25. The maximum absolute atomic E-state index is 13.1. The highest BCUT2D eigenvalue weighted by Crippen LogP contribution is 2.17. The molecule has 0 aliphatic carbocycles. The van der Waals surface area contributed by atoms with Crippen LogP contribution in [0.4, 0.5) is 4.39 Å². The Labute approximate surface area is 114 Å². The molecule has 2 aromatic rings. The van der Waals surface area contributed by atoms with Gasteiger partial charge in [-0.05, 0) is 36.8 Å². The van der Waals surface area contributed by atoms with Crippen molar-refractivity contribution < 1.29 is 4.39 Å². The van der Waals surface area contributed by atoms with Gasteiger partial charge in [0.15, 0.2) is 0 Å². The topological polar surface area (TPSA) is 29.9 Å². The Hall–Kier alpha value is -1.20. The molecule has 0 unspecified atom stereocenters. The van der Waals surface area contributed by atoms with Crippen molar-refractivity contribution in [3.05, 3.63) is 52.0 Å². The van der Waals surface area contributed by atoms with E-state index in [-0.39, 0.29) is 5.82 Å². The minimum Gasteiger partial charge on any atom is -0.307 e. The molecule has 1 heterocycles. The zero-order valence-electron chi connectivity index (χ0n) is 10.2. The van der Waals surface area contributed by atoms with Gasteiger partial charge in [0, 0.05) is 30.3 Å². The summed E-state index contributed by atoms with van der Waals surface area (Å²) in [4.78, 5) is 0. The molecule has 0 fully saturated rings. The lowest BCUT2D eigenvalue weighted by Gasteiger charge is -2.08. The second-order valence-electron chi connectivity index (χ2n) is 3.98. The monoisotopic (exact) mass is 311 g/mol. The Morgan fingerprint density at radius 2 is 2.17 bits per heavy atom. The Balaban J connectivity index is 1.94. The van der Waals surface area contributed by atoms with Crippen LogP contribution in [0.5, 0.6) is 0 Å².